The predicted octanol–water partition coefficient (Wildman–Crippen LogP) is 10.8. The summed E-state index contributed by atoms with van der Waals surface area (Å²) in [5.74, 6) is 2.17. The van der Waals surface area contributed by atoms with Crippen molar-refractivity contribution in [2.75, 3.05) is 19.8 Å². The average molecular weight is 619 g/mol. The highest BCUT2D eigenvalue weighted by atomic mass is 19.4. The number of halogens is 3. The van der Waals surface area contributed by atoms with Crippen LogP contribution in [0.15, 0.2) is 58.5 Å². The third-order valence-electron chi connectivity index (χ3n) is 8.65. The smallest absolute Gasteiger partial charge is 0.342 e. The van der Waals surface area contributed by atoms with Crippen LogP contribution in [0, 0.1) is 20.8 Å². The summed E-state index contributed by atoms with van der Waals surface area (Å²) in [6.07, 6.45) is -3.63. The molecule has 0 saturated carbocycles. The minimum absolute atomic E-state index is 0.189. The minimum atomic E-state index is -4.46. The van der Waals surface area contributed by atoms with Crippen LogP contribution in [0.4, 0.5) is 24.5 Å². The van der Waals surface area contributed by atoms with Crippen LogP contribution >= 0.6 is 0 Å². The van der Waals surface area contributed by atoms with E-state index in [4.69, 9.17) is 9.98 Å². The third kappa shape index (κ3) is 7.98. The Morgan fingerprint density at radius 3 is 1.84 bits per heavy atom. The zero-order valence-corrected chi connectivity index (χ0v) is 28.6. The van der Waals surface area contributed by atoms with Crippen molar-refractivity contribution in [1.29, 1.82) is 0 Å². The molecule has 0 atom stereocenters. The second-order valence-electron chi connectivity index (χ2n) is 13.5. The van der Waals surface area contributed by atoms with Crippen LogP contribution in [0.3, 0.4) is 0 Å². The SMILES string of the molecule is CC(=Nc1c(C)cccc1C)N1CCCN(C(=Nc2c(C(C)C)cc(C(C)C)cc2C(C)C)c2cc(C)cc(C(F)(F)F)c2)C1. The molecule has 0 N–H and O–H groups in total. The molecule has 0 spiro atoms. The van der Waals surface area contributed by atoms with Gasteiger partial charge in [0.1, 0.15) is 11.7 Å². The van der Waals surface area contributed by atoms with Crippen LogP contribution < -0.4 is 0 Å². The maximum atomic E-state index is 14.1. The standard InChI is InChI=1S/C38H49F3N4/c1-23(2)30-20-33(24(3)4)36(34(21-30)25(5)6)43-37(31-17-26(7)18-32(19-31)38(39,40)41)45-16-12-15-44(22-45)29(10)42-35-27(8)13-11-14-28(35)9/h11,13-14,17-21,23-25H,12,15-16,22H2,1-10H3. The Morgan fingerprint density at radius 2 is 1.31 bits per heavy atom. The Balaban J connectivity index is 1.92. The van der Waals surface area contributed by atoms with E-state index >= 15 is 0 Å². The maximum absolute atomic E-state index is 14.1. The second kappa shape index (κ2) is 13.8. The van der Waals surface area contributed by atoms with Crippen LogP contribution in [-0.4, -0.2) is 41.2 Å². The molecule has 1 heterocycles. The number of alkyl halides is 3. The van der Waals surface area contributed by atoms with Gasteiger partial charge in [0.05, 0.1) is 23.6 Å². The molecule has 0 bridgehead atoms. The van der Waals surface area contributed by atoms with Gasteiger partial charge in [0.25, 0.3) is 0 Å². The first-order valence-corrected chi connectivity index (χ1v) is 16.1. The lowest BCUT2D eigenvalue weighted by molar-refractivity contribution is -0.137. The predicted molar refractivity (Wildman–Crippen MR) is 183 cm³/mol. The summed E-state index contributed by atoms with van der Waals surface area (Å²) in [5, 5.41) is 0. The second-order valence-corrected chi connectivity index (χ2v) is 13.5. The number of benzene rings is 3. The lowest BCUT2D eigenvalue weighted by Gasteiger charge is -2.39. The van der Waals surface area contributed by atoms with E-state index in [9.17, 15) is 13.2 Å². The van der Waals surface area contributed by atoms with Crippen molar-refractivity contribution in [1.82, 2.24) is 9.80 Å². The van der Waals surface area contributed by atoms with E-state index in [2.05, 4.69) is 89.5 Å². The van der Waals surface area contributed by atoms with Gasteiger partial charge in [0.15, 0.2) is 0 Å². The molecule has 7 heteroatoms. The number of para-hydroxylation sites is 1. The molecule has 3 aromatic rings. The Kier molecular flexibility index (Phi) is 10.5. The summed E-state index contributed by atoms with van der Waals surface area (Å²) in [7, 11) is 0. The monoisotopic (exact) mass is 618 g/mol. The summed E-state index contributed by atoms with van der Waals surface area (Å²) >= 11 is 0. The molecule has 1 aliphatic heterocycles. The molecule has 0 amide bonds. The van der Waals surface area contributed by atoms with Crippen LogP contribution in [-0.2, 0) is 6.18 Å². The fourth-order valence-electron chi connectivity index (χ4n) is 6.00. The first-order chi connectivity index (χ1) is 21.1. The molecule has 45 heavy (non-hydrogen) atoms. The summed E-state index contributed by atoms with van der Waals surface area (Å²) in [6, 6.07) is 14.9. The summed E-state index contributed by atoms with van der Waals surface area (Å²) in [4.78, 5) is 14.7. The Bertz CT molecular complexity index is 1530. The van der Waals surface area contributed by atoms with E-state index < -0.39 is 11.7 Å². The average Bonchev–Trinajstić information content (AvgIpc) is 2.96. The summed E-state index contributed by atoms with van der Waals surface area (Å²) < 4.78 is 42.3. The van der Waals surface area contributed by atoms with Gasteiger partial charge >= 0.3 is 6.18 Å². The van der Waals surface area contributed by atoms with E-state index in [0.717, 1.165) is 52.4 Å². The van der Waals surface area contributed by atoms with Gasteiger partial charge in [-0.2, -0.15) is 13.2 Å². The van der Waals surface area contributed by atoms with Gasteiger partial charge in [-0.15, -0.1) is 0 Å². The molecule has 3 aromatic carbocycles. The van der Waals surface area contributed by atoms with Crippen molar-refractivity contribution < 1.29 is 13.2 Å². The Labute approximate surface area is 268 Å². The molecule has 0 aromatic heterocycles. The van der Waals surface area contributed by atoms with Crippen molar-refractivity contribution in [2.45, 2.75) is 99.6 Å². The molecule has 1 aliphatic rings. The molecule has 1 saturated heterocycles. The Hall–Kier alpha value is -3.61. The van der Waals surface area contributed by atoms with E-state index in [-0.39, 0.29) is 11.8 Å². The van der Waals surface area contributed by atoms with E-state index in [1.807, 2.05) is 19.1 Å². The molecular formula is C38H49F3N4. The summed E-state index contributed by atoms with van der Waals surface area (Å²) in [6.45, 7) is 22.8. The van der Waals surface area contributed by atoms with Crippen LogP contribution in [0.5, 0.6) is 0 Å². The highest BCUT2D eigenvalue weighted by molar-refractivity contribution is 6.01. The third-order valence-corrected chi connectivity index (χ3v) is 8.65. The van der Waals surface area contributed by atoms with Crippen molar-refractivity contribution in [3.8, 4) is 0 Å². The highest BCUT2D eigenvalue weighted by Crippen LogP contribution is 2.39. The van der Waals surface area contributed by atoms with E-state index in [1.54, 1.807) is 6.92 Å². The number of nitrogens with zero attached hydrogens (tertiary/aromatic N) is 4. The zero-order valence-electron chi connectivity index (χ0n) is 28.6. The molecular weight excluding hydrogens is 569 g/mol. The van der Waals surface area contributed by atoms with Gasteiger partial charge in [-0.05, 0) is 103 Å². The molecule has 4 rings (SSSR count). The van der Waals surface area contributed by atoms with Gasteiger partial charge in [-0.25, -0.2) is 9.98 Å². The van der Waals surface area contributed by atoms with Gasteiger partial charge in [-0.3, -0.25) is 0 Å². The van der Waals surface area contributed by atoms with Gasteiger partial charge in [0.2, 0.25) is 0 Å². The van der Waals surface area contributed by atoms with Crippen LogP contribution in [0.25, 0.3) is 0 Å². The Morgan fingerprint density at radius 1 is 0.733 bits per heavy atom. The van der Waals surface area contributed by atoms with E-state index in [1.165, 1.54) is 17.7 Å². The molecule has 0 radical (unpaired) electrons. The lowest BCUT2D eigenvalue weighted by Crippen LogP contribution is -2.49. The number of hydrogen-bond donors (Lipinski definition) is 0. The van der Waals surface area contributed by atoms with E-state index in [0.29, 0.717) is 36.1 Å². The topological polar surface area (TPSA) is 31.2 Å². The fourth-order valence-corrected chi connectivity index (χ4v) is 6.00. The molecule has 242 valence electrons. The first kappa shape index (κ1) is 34.3. The number of rotatable bonds is 6. The van der Waals surface area contributed by atoms with Crippen LogP contribution in [0.1, 0.15) is 117 Å². The first-order valence-electron chi connectivity index (χ1n) is 16.1. The number of amidine groups is 2. The summed E-state index contributed by atoms with van der Waals surface area (Å²) in [5.41, 5.74) is 7.91. The number of aliphatic imine (C=N–C) groups is 2. The fraction of sp³-hybridized carbons (Fsp3) is 0.474. The molecule has 0 aliphatic carbocycles. The highest BCUT2D eigenvalue weighted by Gasteiger charge is 2.32. The van der Waals surface area contributed by atoms with Gasteiger partial charge < -0.3 is 9.80 Å². The minimum Gasteiger partial charge on any atom is -0.342 e. The quantitative estimate of drug-likeness (QED) is 0.203. The zero-order chi connectivity index (χ0) is 33.2. The van der Waals surface area contributed by atoms with Crippen molar-refractivity contribution in [2.24, 2.45) is 9.98 Å². The van der Waals surface area contributed by atoms with Crippen molar-refractivity contribution in [3.63, 3.8) is 0 Å². The van der Waals surface area contributed by atoms with Crippen molar-refractivity contribution in [3.05, 3.63) is 93.0 Å². The normalized spacial score (nSPS) is 15.2. The van der Waals surface area contributed by atoms with Crippen molar-refractivity contribution >= 4 is 23.0 Å². The van der Waals surface area contributed by atoms with Crippen LogP contribution in [0.2, 0.25) is 0 Å². The largest absolute Gasteiger partial charge is 0.416 e. The molecule has 1 fully saturated rings. The molecule has 0 unspecified atom stereocenters. The molecule has 4 nitrogen and oxygen atoms in total. The maximum Gasteiger partial charge on any atom is 0.416 e. The van der Waals surface area contributed by atoms with Gasteiger partial charge in [0, 0.05) is 18.7 Å². The number of aryl methyl sites for hydroxylation is 3. The number of hydrogen-bond acceptors (Lipinski definition) is 2. The lowest BCUT2D eigenvalue weighted by atomic mass is 9.87. The van der Waals surface area contributed by atoms with Gasteiger partial charge in [-0.1, -0.05) is 71.9 Å².